The van der Waals surface area contributed by atoms with Crippen LogP contribution in [-0.4, -0.2) is 36.8 Å². The number of rotatable bonds is 7. The third-order valence-electron chi connectivity index (χ3n) is 5.30. The maximum Gasteiger partial charge on any atom is 0.325 e. The second-order valence-corrected chi connectivity index (χ2v) is 6.89. The molecule has 0 bridgehead atoms. The van der Waals surface area contributed by atoms with Gasteiger partial charge in [0.15, 0.2) is 5.78 Å². The predicted octanol–water partition coefficient (Wildman–Crippen LogP) is 3.26. The summed E-state index contributed by atoms with van der Waals surface area (Å²) in [5.74, 6) is 0.728. The van der Waals surface area contributed by atoms with E-state index in [1.54, 1.807) is 49.6 Å². The van der Waals surface area contributed by atoms with Crippen LogP contribution in [0.3, 0.4) is 0 Å². The molecule has 1 aliphatic heterocycles. The lowest BCUT2D eigenvalue weighted by Gasteiger charge is -2.26. The van der Waals surface area contributed by atoms with Crippen molar-refractivity contribution in [3.63, 3.8) is 0 Å². The third-order valence-corrected chi connectivity index (χ3v) is 5.30. The average Bonchev–Trinajstić information content (AvgIpc) is 2.98. The summed E-state index contributed by atoms with van der Waals surface area (Å²) in [5, 5.41) is 2.85. The minimum Gasteiger partial charge on any atom is -0.497 e. The zero-order valence-electron chi connectivity index (χ0n) is 16.9. The SMILES string of the molecule is CC[C@]1(c2ccc(OC)cc2)NC(=O)N(Cc2cc(C(C)=O)ccc2OC)C1=O. The minimum absolute atomic E-state index is 0.00681. The molecule has 7 heteroatoms. The number of ketones is 1. The summed E-state index contributed by atoms with van der Waals surface area (Å²) in [7, 11) is 3.07. The van der Waals surface area contributed by atoms with Crippen molar-refractivity contribution in [2.75, 3.05) is 14.2 Å². The van der Waals surface area contributed by atoms with Crippen molar-refractivity contribution in [2.45, 2.75) is 32.4 Å². The summed E-state index contributed by atoms with van der Waals surface area (Å²) in [6.45, 7) is 3.32. The number of carbonyl (C=O) groups excluding carboxylic acids is 3. The highest BCUT2D eigenvalue weighted by Gasteiger charge is 2.51. The van der Waals surface area contributed by atoms with Crippen molar-refractivity contribution in [2.24, 2.45) is 0 Å². The number of carbonyl (C=O) groups is 3. The Balaban J connectivity index is 1.96. The molecule has 3 amide bonds. The summed E-state index contributed by atoms with van der Waals surface area (Å²) < 4.78 is 10.5. The summed E-state index contributed by atoms with van der Waals surface area (Å²) in [6, 6.07) is 11.6. The molecule has 2 aromatic rings. The van der Waals surface area contributed by atoms with Gasteiger partial charge < -0.3 is 14.8 Å². The van der Waals surface area contributed by atoms with Crippen molar-refractivity contribution in [1.29, 1.82) is 0 Å². The number of urea groups is 1. The Morgan fingerprint density at radius 2 is 1.76 bits per heavy atom. The van der Waals surface area contributed by atoms with Gasteiger partial charge in [0.2, 0.25) is 0 Å². The van der Waals surface area contributed by atoms with Crippen molar-refractivity contribution in [3.05, 3.63) is 59.2 Å². The molecule has 29 heavy (non-hydrogen) atoms. The summed E-state index contributed by atoms with van der Waals surface area (Å²) in [6.07, 6.45) is 0.394. The molecule has 0 aliphatic carbocycles. The van der Waals surface area contributed by atoms with Gasteiger partial charge in [0, 0.05) is 11.1 Å². The van der Waals surface area contributed by atoms with Gasteiger partial charge >= 0.3 is 6.03 Å². The van der Waals surface area contributed by atoms with Crippen LogP contribution in [0.5, 0.6) is 11.5 Å². The quantitative estimate of drug-likeness (QED) is 0.574. The highest BCUT2D eigenvalue weighted by molar-refractivity contribution is 6.07. The number of imide groups is 1. The van der Waals surface area contributed by atoms with Gasteiger partial charge in [-0.15, -0.1) is 0 Å². The van der Waals surface area contributed by atoms with E-state index in [2.05, 4.69) is 5.32 Å². The lowest BCUT2D eigenvalue weighted by Crippen LogP contribution is -2.43. The first kappa shape index (κ1) is 20.4. The van der Waals surface area contributed by atoms with Crippen LogP contribution in [0.2, 0.25) is 0 Å². The maximum absolute atomic E-state index is 13.4. The molecule has 152 valence electrons. The van der Waals surface area contributed by atoms with Gasteiger partial charge in [0.05, 0.1) is 20.8 Å². The van der Waals surface area contributed by atoms with E-state index >= 15 is 0 Å². The Morgan fingerprint density at radius 1 is 1.07 bits per heavy atom. The Labute approximate surface area is 169 Å². The molecule has 0 spiro atoms. The van der Waals surface area contributed by atoms with Gasteiger partial charge in [-0.3, -0.25) is 14.5 Å². The standard InChI is InChI=1S/C22H24N2O5/c1-5-22(17-7-9-18(28-3)10-8-17)20(26)24(21(27)23-22)13-16-12-15(14(2)25)6-11-19(16)29-4/h6-12H,5,13H2,1-4H3,(H,23,27)/t22-/m1/s1. The van der Waals surface area contributed by atoms with Crippen LogP contribution in [0.1, 0.15) is 41.8 Å². The molecule has 0 saturated carbocycles. The Bertz CT molecular complexity index is 954. The van der Waals surface area contributed by atoms with Crippen LogP contribution in [-0.2, 0) is 16.9 Å². The average molecular weight is 396 g/mol. The fraction of sp³-hybridized carbons (Fsp3) is 0.318. The molecule has 2 aromatic carbocycles. The van der Waals surface area contributed by atoms with E-state index in [1.807, 2.05) is 6.92 Å². The van der Waals surface area contributed by atoms with E-state index in [-0.39, 0.29) is 18.2 Å². The number of nitrogens with zero attached hydrogens (tertiary/aromatic N) is 1. The molecule has 1 saturated heterocycles. The molecular weight excluding hydrogens is 372 g/mol. The molecule has 0 aromatic heterocycles. The smallest absolute Gasteiger partial charge is 0.325 e. The monoisotopic (exact) mass is 396 g/mol. The first-order valence-corrected chi connectivity index (χ1v) is 9.32. The largest absolute Gasteiger partial charge is 0.497 e. The van der Waals surface area contributed by atoms with Crippen molar-refractivity contribution in [3.8, 4) is 11.5 Å². The van der Waals surface area contributed by atoms with Gasteiger partial charge in [-0.1, -0.05) is 19.1 Å². The normalized spacial score (nSPS) is 18.6. The third kappa shape index (κ3) is 3.55. The number of ether oxygens (including phenoxy) is 2. The fourth-order valence-electron chi connectivity index (χ4n) is 3.58. The fourth-order valence-corrected chi connectivity index (χ4v) is 3.58. The molecule has 3 rings (SSSR count). The van der Waals surface area contributed by atoms with Crippen molar-refractivity contribution < 1.29 is 23.9 Å². The van der Waals surface area contributed by atoms with E-state index < -0.39 is 11.6 Å². The molecule has 1 fully saturated rings. The minimum atomic E-state index is -1.14. The lowest BCUT2D eigenvalue weighted by atomic mass is 9.87. The van der Waals surface area contributed by atoms with Gasteiger partial charge in [-0.05, 0) is 49.2 Å². The maximum atomic E-state index is 13.4. The molecule has 7 nitrogen and oxygen atoms in total. The van der Waals surface area contributed by atoms with E-state index in [4.69, 9.17) is 9.47 Å². The molecule has 1 aliphatic rings. The number of amides is 3. The van der Waals surface area contributed by atoms with Crippen LogP contribution in [0.4, 0.5) is 4.79 Å². The molecule has 1 heterocycles. The Kier molecular flexibility index (Phi) is 5.59. The van der Waals surface area contributed by atoms with Crippen LogP contribution >= 0.6 is 0 Å². The number of Topliss-reactive ketones (excluding diaryl/α,β-unsaturated/α-hetero) is 1. The van der Waals surface area contributed by atoms with E-state index in [1.165, 1.54) is 14.0 Å². The molecule has 0 radical (unpaired) electrons. The van der Waals surface area contributed by atoms with Crippen LogP contribution < -0.4 is 14.8 Å². The van der Waals surface area contributed by atoms with Gasteiger partial charge in [-0.25, -0.2) is 4.79 Å². The number of hydrogen-bond donors (Lipinski definition) is 1. The van der Waals surface area contributed by atoms with Crippen LogP contribution in [0.15, 0.2) is 42.5 Å². The van der Waals surface area contributed by atoms with Crippen LogP contribution in [0, 0.1) is 0 Å². The van der Waals surface area contributed by atoms with Crippen molar-refractivity contribution in [1.82, 2.24) is 10.2 Å². The zero-order valence-corrected chi connectivity index (χ0v) is 16.9. The molecular formula is C22H24N2O5. The molecule has 0 unspecified atom stereocenters. The lowest BCUT2D eigenvalue weighted by molar-refractivity contribution is -0.132. The second-order valence-electron chi connectivity index (χ2n) is 6.89. The van der Waals surface area contributed by atoms with Gasteiger partial charge in [0.1, 0.15) is 17.0 Å². The molecule has 1 N–H and O–H groups in total. The first-order chi connectivity index (χ1) is 13.9. The van der Waals surface area contributed by atoms with Gasteiger partial charge in [-0.2, -0.15) is 0 Å². The summed E-state index contributed by atoms with van der Waals surface area (Å²) >= 11 is 0. The van der Waals surface area contributed by atoms with Crippen LogP contribution in [0.25, 0.3) is 0 Å². The second kappa shape index (κ2) is 7.95. The Hall–Kier alpha value is -3.35. The highest BCUT2D eigenvalue weighted by Crippen LogP contribution is 2.35. The number of methoxy groups -OCH3 is 2. The zero-order chi connectivity index (χ0) is 21.2. The molecule has 1 atom stereocenters. The number of benzene rings is 2. The van der Waals surface area contributed by atoms with E-state index in [0.29, 0.717) is 34.6 Å². The summed E-state index contributed by atoms with van der Waals surface area (Å²) in [5.41, 5.74) is 0.621. The van der Waals surface area contributed by atoms with E-state index in [0.717, 1.165) is 4.90 Å². The summed E-state index contributed by atoms with van der Waals surface area (Å²) in [4.78, 5) is 39.0. The Morgan fingerprint density at radius 3 is 2.31 bits per heavy atom. The predicted molar refractivity (Wildman–Crippen MR) is 107 cm³/mol. The number of hydrogen-bond acceptors (Lipinski definition) is 5. The first-order valence-electron chi connectivity index (χ1n) is 9.32. The highest BCUT2D eigenvalue weighted by atomic mass is 16.5. The topological polar surface area (TPSA) is 84.9 Å². The number of nitrogens with one attached hydrogen (secondary N) is 1. The van der Waals surface area contributed by atoms with Crippen molar-refractivity contribution >= 4 is 17.7 Å². The van der Waals surface area contributed by atoms with E-state index in [9.17, 15) is 14.4 Å². The van der Waals surface area contributed by atoms with Gasteiger partial charge in [0.25, 0.3) is 5.91 Å².